The van der Waals surface area contributed by atoms with Gasteiger partial charge in [-0.05, 0) is 49.1 Å². The van der Waals surface area contributed by atoms with E-state index in [4.69, 9.17) is 4.74 Å². The Bertz CT molecular complexity index is 913. The lowest BCUT2D eigenvalue weighted by molar-refractivity contribution is -0.130. The van der Waals surface area contributed by atoms with Crippen LogP contribution in [0.1, 0.15) is 30.7 Å². The van der Waals surface area contributed by atoms with Gasteiger partial charge in [-0.1, -0.05) is 24.3 Å². The van der Waals surface area contributed by atoms with Crippen molar-refractivity contribution >= 4 is 16.9 Å². The molecule has 1 fully saturated rings. The third-order valence-corrected chi connectivity index (χ3v) is 5.49. The van der Waals surface area contributed by atoms with Crippen molar-refractivity contribution in [3.63, 3.8) is 0 Å². The molecule has 2 N–H and O–H groups in total. The first kappa shape index (κ1) is 18.6. The van der Waals surface area contributed by atoms with Crippen LogP contribution < -0.4 is 5.32 Å². The van der Waals surface area contributed by atoms with Gasteiger partial charge in [0.1, 0.15) is 11.6 Å². The maximum atomic E-state index is 13.3. The molecule has 2 aromatic carbocycles. The lowest BCUT2D eigenvalue weighted by atomic mass is 9.73. The zero-order valence-corrected chi connectivity index (χ0v) is 15.7. The summed E-state index contributed by atoms with van der Waals surface area (Å²) < 4.78 is 18.8. The van der Waals surface area contributed by atoms with E-state index in [2.05, 4.69) is 15.3 Å². The van der Waals surface area contributed by atoms with E-state index in [0.717, 1.165) is 35.3 Å². The summed E-state index contributed by atoms with van der Waals surface area (Å²) >= 11 is 0. The molecule has 3 aromatic rings. The van der Waals surface area contributed by atoms with E-state index in [1.54, 1.807) is 12.1 Å². The number of ether oxygens (including phenoxy) is 1. The van der Waals surface area contributed by atoms with Gasteiger partial charge in [-0.25, -0.2) is 9.37 Å². The molecule has 1 aliphatic heterocycles. The molecule has 0 saturated carbocycles. The van der Waals surface area contributed by atoms with Gasteiger partial charge in [-0.15, -0.1) is 0 Å². The fourth-order valence-electron chi connectivity index (χ4n) is 3.89. The molecule has 1 amide bonds. The Morgan fingerprint density at radius 1 is 1.14 bits per heavy atom. The second-order valence-corrected chi connectivity index (χ2v) is 7.26. The molecule has 2 heterocycles. The number of fused-ring (bicyclic) bond motifs is 1. The number of halogens is 1. The third kappa shape index (κ3) is 3.78. The summed E-state index contributed by atoms with van der Waals surface area (Å²) in [5.41, 5.74) is 2.19. The summed E-state index contributed by atoms with van der Waals surface area (Å²) in [6.45, 7) is 1.63. The van der Waals surface area contributed by atoms with Gasteiger partial charge in [0.25, 0.3) is 0 Å². The van der Waals surface area contributed by atoms with Crippen LogP contribution in [0.3, 0.4) is 0 Å². The molecule has 0 bridgehead atoms. The number of para-hydroxylation sites is 2. The van der Waals surface area contributed by atoms with Crippen molar-refractivity contribution in [1.82, 2.24) is 15.3 Å². The molecule has 0 unspecified atom stereocenters. The monoisotopic (exact) mass is 381 g/mol. The Labute approximate surface area is 163 Å². The summed E-state index contributed by atoms with van der Waals surface area (Å²) in [7, 11) is 0. The van der Waals surface area contributed by atoms with E-state index >= 15 is 0 Å². The summed E-state index contributed by atoms with van der Waals surface area (Å²) in [6, 6.07) is 14.2. The number of H-pyrrole nitrogens is 1. The predicted molar refractivity (Wildman–Crippen MR) is 106 cm³/mol. The minimum Gasteiger partial charge on any atom is -0.381 e. The van der Waals surface area contributed by atoms with Crippen LogP contribution in [0.4, 0.5) is 4.39 Å². The van der Waals surface area contributed by atoms with E-state index in [9.17, 15) is 9.18 Å². The lowest BCUT2D eigenvalue weighted by Crippen LogP contribution is -2.48. The van der Waals surface area contributed by atoms with Crippen molar-refractivity contribution in [2.75, 3.05) is 19.8 Å². The van der Waals surface area contributed by atoms with Crippen LogP contribution in [0.2, 0.25) is 0 Å². The van der Waals surface area contributed by atoms with Crippen LogP contribution in [-0.2, 0) is 21.4 Å². The van der Waals surface area contributed by atoms with Crippen molar-refractivity contribution in [1.29, 1.82) is 0 Å². The number of aryl methyl sites for hydroxylation is 1. The SMILES string of the molecule is O=C(NCCCc1nc2ccccc2[nH]1)C1(c2ccc(F)cc2)CCOCC1. The predicted octanol–water partition coefficient (Wildman–Crippen LogP) is 3.50. The molecular weight excluding hydrogens is 357 g/mol. The summed E-state index contributed by atoms with van der Waals surface area (Å²) in [6.07, 6.45) is 2.77. The van der Waals surface area contributed by atoms with Gasteiger partial charge in [0, 0.05) is 26.2 Å². The molecule has 0 atom stereocenters. The number of hydrogen-bond acceptors (Lipinski definition) is 3. The normalized spacial score (nSPS) is 16.2. The molecule has 0 spiro atoms. The van der Waals surface area contributed by atoms with E-state index in [1.807, 2.05) is 24.3 Å². The molecule has 28 heavy (non-hydrogen) atoms. The number of hydrogen-bond donors (Lipinski definition) is 2. The fourth-order valence-corrected chi connectivity index (χ4v) is 3.89. The zero-order valence-electron chi connectivity index (χ0n) is 15.7. The lowest BCUT2D eigenvalue weighted by Gasteiger charge is -2.36. The summed E-state index contributed by atoms with van der Waals surface area (Å²) in [5, 5.41) is 3.08. The Morgan fingerprint density at radius 3 is 2.64 bits per heavy atom. The molecule has 1 saturated heterocycles. The highest BCUT2D eigenvalue weighted by Crippen LogP contribution is 2.35. The number of carbonyl (C=O) groups excluding carboxylic acids is 1. The molecule has 1 aliphatic rings. The van der Waals surface area contributed by atoms with Crippen LogP contribution in [0.15, 0.2) is 48.5 Å². The number of amides is 1. The van der Waals surface area contributed by atoms with Crippen molar-refractivity contribution in [3.8, 4) is 0 Å². The highest BCUT2D eigenvalue weighted by molar-refractivity contribution is 5.88. The van der Waals surface area contributed by atoms with Gasteiger partial charge in [0.05, 0.1) is 16.4 Å². The van der Waals surface area contributed by atoms with E-state index in [0.29, 0.717) is 32.6 Å². The number of carbonyl (C=O) groups is 1. The van der Waals surface area contributed by atoms with E-state index in [1.165, 1.54) is 12.1 Å². The minimum atomic E-state index is -0.648. The van der Waals surface area contributed by atoms with Crippen LogP contribution >= 0.6 is 0 Å². The van der Waals surface area contributed by atoms with E-state index < -0.39 is 5.41 Å². The molecule has 4 rings (SSSR count). The molecule has 5 nitrogen and oxygen atoms in total. The van der Waals surface area contributed by atoms with Crippen LogP contribution in [0, 0.1) is 5.82 Å². The maximum Gasteiger partial charge on any atom is 0.230 e. The molecule has 0 aliphatic carbocycles. The molecule has 0 radical (unpaired) electrons. The van der Waals surface area contributed by atoms with Crippen molar-refractivity contribution in [2.45, 2.75) is 31.1 Å². The van der Waals surface area contributed by atoms with Gasteiger partial charge in [0.15, 0.2) is 0 Å². The topological polar surface area (TPSA) is 67.0 Å². The van der Waals surface area contributed by atoms with Crippen molar-refractivity contribution in [3.05, 3.63) is 65.7 Å². The number of nitrogens with zero attached hydrogens (tertiary/aromatic N) is 1. The molecular formula is C22H24FN3O2. The number of nitrogens with one attached hydrogen (secondary N) is 2. The smallest absolute Gasteiger partial charge is 0.230 e. The third-order valence-electron chi connectivity index (χ3n) is 5.49. The van der Waals surface area contributed by atoms with Crippen molar-refractivity contribution in [2.24, 2.45) is 0 Å². The number of imidazole rings is 1. The first-order chi connectivity index (χ1) is 13.7. The second kappa shape index (κ2) is 8.10. The summed E-state index contributed by atoms with van der Waals surface area (Å²) in [4.78, 5) is 21.0. The summed E-state index contributed by atoms with van der Waals surface area (Å²) in [5.74, 6) is 0.624. The first-order valence-electron chi connectivity index (χ1n) is 9.73. The Kier molecular flexibility index (Phi) is 5.39. The maximum absolute atomic E-state index is 13.3. The Hall–Kier alpha value is -2.73. The quantitative estimate of drug-likeness (QED) is 0.642. The minimum absolute atomic E-state index is 0.00739. The second-order valence-electron chi connectivity index (χ2n) is 7.26. The van der Waals surface area contributed by atoms with Gasteiger partial charge in [-0.2, -0.15) is 0 Å². The molecule has 6 heteroatoms. The van der Waals surface area contributed by atoms with Gasteiger partial charge >= 0.3 is 0 Å². The highest BCUT2D eigenvalue weighted by atomic mass is 19.1. The number of aromatic amines is 1. The molecule has 146 valence electrons. The van der Waals surface area contributed by atoms with Crippen molar-refractivity contribution < 1.29 is 13.9 Å². The average molecular weight is 381 g/mol. The van der Waals surface area contributed by atoms with Crippen LogP contribution in [0.25, 0.3) is 11.0 Å². The molecule has 1 aromatic heterocycles. The van der Waals surface area contributed by atoms with Gasteiger partial charge in [0.2, 0.25) is 5.91 Å². The Morgan fingerprint density at radius 2 is 1.89 bits per heavy atom. The Balaban J connectivity index is 1.38. The fraction of sp³-hybridized carbons (Fsp3) is 0.364. The van der Waals surface area contributed by atoms with Crippen LogP contribution in [0.5, 0.6) is 0 Å². The zero-order chi connectivity index (χ0) is 19.4. The largest absolute Gasteiger partial charge is 0.381 e. The number of benzene rings is 2. The van der Waals surface area contributed by atoms with Gasteiger partial charge in [-0.3, -0.25) is 4.79 Å². The number of rotatable bonds is 6. The van der Waals surface area contributed by atoms with E-state index in [-0.39, 0.29) is 11.7 Å². The highest BCUT2D eigenvalue weighted by Gasteiger charge is 2.41. The average Bonchev–Trinajstić information content (AvgIpc) is 3.15. The van der Waals surface area contributed by atoms with Crippen LogP contribution in [-0.4, -0.2) is 35.6 Å². The van der Waals surface area contributed by atoms with Gasteiger partial charge < -0.3 is 15.0 Å². The number of aromatic nitrogens is 2. The first-order valence-corrected chi connectivity index (χ1v) is 9.73. The standard InChI is InChI=1S/C22H24FN3O2/c23-17-9-7-16(8-10-17)22(11-14-28-15-12-22)21(27)24-13-3-6-20-25-18-4-1-2-5-19(18)26-20/h1-2,4-5,7-10H,3,6,11-15H2,(H,24,27)(H,25,26).